The van der Waals surface area contributed by atoms with Gasteiger partial charge in [-0.3, -0.25) is 4.79 Å². The van der Waals surface area contributed by atoms with Gasteiger partial charge in [-0.05, 0) is 24.3 Å². The maximum atomic E-state index is 11.7. The van der Waals surface area contributed by atoms with Gasteiger partial charge in [-0.15, -0.1) is 0 Å². The molecule has 1 aromatic carbocycles. The lowest BCUT2D eigenvalue weighted by atomic mass is 10.2. The van der Waals surface area contributed by atoms with E-state index in [2.05, 4.69) is 20.3 Å². The van der Waals surface area contributed by atoms with Crippen molar-refractivity contribution in [2.45, 2.75) is 0 Å². The first kappa shape index (κ1) is 10.2. The number of rotatable bonds is 3. The van der Waals surface area contributed by atoms with Gasteiger partial charge >= 0.3 is 0 Å². The van der Waals surface area contributed by atoms with E-state index < -0.39 is 0 Å². The normalized spacial score (nSPS) is 9.81. The smallest absolute Gasteiger partial charge is 0.256 e. The van der Waals surface area contributed by atoms with Crippen LogP contribution in [-0.2, 0) is 0 Å². The van der Waals surface area contributed by atoms with E-state index in [0.717, 1.165) is 5.69 Å². The molecule has 1 aromatic heterocycles. The second kappa shape index (κ2) is 4.48. The number of hydrogen-bond donors (Lipinski definition) is 2. The second-order valence-electron chi connectivity index (χ2n) is 3.17. The van der Waals surface area contributed by atoms with Crippen molar-refractivity contribution in [2.75, 3.05) is 17.7 Å². The quantitative estimate of drug-likeness (QED) is 0.824. The van der Waals surface area contributed by atoms with Crippen LogP contribution in [0.2, 0.25) is 0 Å². The van der Waals surface area contributed by atoms with E-state index in [-0.39, 0.29) is 5.91 Å². The molecule has 0 aliphatic rings. The first-order chi connectivity index (χ1) is 7.79. The molecule has 0 bridgehead atoms. The number of benzene rings is 1. The molecule has 0 fully saturated rings. The Hall–Kier alpha value is -2.30. The average Bonchev–Trinajstić information content (AvgIpc) is 2.82. The lowest BCUT2D eigenvalue weighted by Gasteiger charge is -2.03. The Morgan fingerprint density at radius 1 is 1.25 bits per heavy atom. The molecule has 16 heavy (non-hydrogen) atoms. The largest absolute Gasteiger partial charge is 0.388 e. The van der Waals surface area contributed by atoms with E-state index in [1.54, 1.807) is 18.2 Å². The fourth-order valence-corrected chi connectivity index (χ4v) is 1.25. The van der Waals surface area contributed by atoms with Gasteiger partial charge in [-0.25, -0.2) is 0 Å². The van der Waals surface area contributed by atoms with Gasteiger partial charge in [-0.2, -0.15) is 0 Å². The molecule has 0 atom stereocenters. The van der Waals surface area contributed by atoms with Gasteiger partial charge in [0.25, 0.3) is 5.91 Å². The average molecular weight is 217 g/mol. The van der Waals surface area contributed by atoms with Crippen LogP contribution in [0.4, 0.5) is 11.5 Å². The molecule has 0 saturated carbocycles. The van der Waals surface area contributed by atoms with Crippen molar-refractivity contribution in [3.8, 4) is 0 Å². The van der Waals surface area contributed by atoms with Crippen molar-refractivity contribution in [3.63, 3.8) is 0 Å². The topological polar surface area (TPSA) is 67.2 Å². The molecule has 1 amide bonds. The van der Waals surface area contributed by atoms with Gasteiger partial charge in [-0.1, -0.05) is 5.16 Å². The lowest BCUT2D eigenvalue weighted by Crippen LogP contribution is -2.11. The Morgan fingerprint density at radius 3 is 2.56 bits per heavy atom. The van der Waals surface area contributed by atoms with E-state index in [9.17, 15) is 4.79 Å². The summed E-state index contributed by atoms with van der Waals surface area (Å²) in [6.07, 6.45) is 1.40. The number of nitrogens with zero attached hydrogens (tertiary/aromatic N) is 1. The van der Waals surface area contributed by atoms with E-state index in [1.165, 1.54) is 6.26 Å². The Balaban J connectivity index is 2.09. The first-order valence-corrected chi connectivity index (χ1v) is 4.79. The van der Waals surface area contributed by atoms with Crippen LogP contribution in [0.5, 0.6) is 0 Å². The fourth-order valence-electron chi connectivity index (χ4n) is 1.25. The number of hydrogen-bond acceptors (Lipinski definition) is 4. The summed E-state index contributed by atoms with van der Waals surface area (Å²) in [7, 11) is 1.82. The predicted molar refractivity (Wildman–Crippen MR) is 60.4 cm³/mol. The van der Waals surface area contributed by atoms with Gasteiger partial charge in [0.15, 0.2) is 5.82 Å². The van der Waals surface area contributed by atoms with E-state index in [4.69, 9.17) is 0 Å². The van der Waals surface area contributed by atoms with Gasteiger partial charge in [0.2, 0.25) is 0 Å². The zero-order valence-corrected chi connectivity index (χ0v) is 8.73. The zero-order valence-electron chi connectivity index (χ0n) is 8.73. The summed E-state index contributed by atoms with van der Waals surface area (Å²) < 4.78 is 4.61. The molecule has 0 spiro atoms. The van der Waals surface area contributed by atoms with Crippen molar-refractivity contribution < 1.29 is 9.32 Å². The minimum absolute atomic E-state index is 0.212. The standard InChI is InChI=1S/C11H11N3O2/c1-12-9-4-2-8(3-5-9)11(15)13-10-6-7-16-14-10/h2-7,12H,1H3,(H,13,14,15). The van der Waals surface area contributed by atoms with Gasteiger partial charge in [0.05, 0.1) is 0 Å². The van der Waals surface area contributed by atoms with Gasteiger partial charge in [0.1, 0.15) is 6.26 Å². The molecule has 2 rings (SSSR count). The predicted octanol–water partition coefficient (Wildman–Crippen LogP) is 1.97. The second-order valence-corrected chi connectivity index (χ2v) is 3.17. The highest BCUT2D eigenvalue weighted by Crippen LogP contribution is 2.10. The van der Waals surface area contributed by atoms with E-state index in [0.29, 0.717) is 11.4 Å². The van der Waals surface area contributed by atoms with Crippen molar-refractivity contribution >= 4 is 17.4 Å². The monoisotopic (exact) mass is 217 g/mol. The van der Waals surface area contributed by atoms with Crippen LogP contribution >= 0.6 is 0 Å². The third-order valence-electron chi connectivity index (χ3n) is 2.12. The highest BCUT2D eigenvalue weighted by molar-refractivity contribution is 6.03. The summed E-state index contributed by atoms with van der Waals surface area (Å²) in [6.45, 7) is 0. The lowest BCUT2D eigenvalue weighted by molar-refractivity contribution is 0.102. The molecule has 0 unspecified atom stereocenters. The SMILES string of the molecule is CNc1ccc(C(=O)Nc2ccon2)cc1. The zero-order chi connectivity index (χ0) is 11.4. The van der Waals surface area contributed by atoms with E-state index in [1.807, 2.05) is 19.2 Å². The van der Waals surface area contributed by atoms with Crippen LogP contribution in [0.25, 0.3) is 0 Å². The number of nitrogens with one attached hydrogen (secondary N) is 2. The molecule has 5 nitrogen and oxygen atoms in total. The van der Waals surface area contributed by atoms with Gasteiger partial charge < -0.3 is 15.2 Å². The van der Waals surface area contributed by atoms with Crippen molar-refractivity contribution in [3.05, 3.63) is 42.2 Å². The van der Waals surface area contributed by atoms with Crippen molar-refractivity contribution in [1.82, 2.24) is 5.16 Å². The minimum Gasteiger partial charge on any atom is -0.388 e. The fraction of sp³-hybridized carbons (Fsp3) is 0.0909. The van der Waals surface area contributed by atoms with Gasteiger partial charge in [0, 0.05) is 24.4 Å². The number of carbonyl (C=O) groups excluding carboxylic acids is 1. The summed E-state index contributed by atoms with van der Waals surface area (Å²) in [6, 6.07) is 8.72. The minimum atomic E-state index is -0.212. The Morgan fingerprint density at radius 2 is 2.00 bits per heavy atom. The molecule has 0 saturated heterocycles. The molecule has 2 aromatic rings. The van der Waals surface area contributed by atoms with E-state index >= 15 is 0 Å². The van der Waals surface area contributed by atoms with Crippen LogP contribution in [0.3, 0.4) is 0 Å². The third kappa shape index (κ3) is 2.20. The number of aromatic nitrogens is 1. The Labute approximate surface area is 92.4 Å². The molecular weight excluding hydrogens is 206 g/mol. The number of carbonyl (C=O) groups is 1. The van der Waals surface area contributed by atoms with Crippen molar-refractivity contribution in [1.29, 1.82) is 0 Å². The maximum Gasteiger partial charge on any atom is 0.256 e. The summed E-state index contributed by atoms with van der Waals surface area (Å²) >= 11 is 0. The maximum absolute atomic E-state index is 11.7. The number of anilines is 2. The Kier molecular flexibility index (Phi) is 2.86. The highest BCUT2D eigenvalue weighted by atomic mass is 16.5. The highest BCUT2D eigenvalue weighted by Gasteiger charge is 2.06. The van der Waals surface area contributed by atoms with Crippen LogP contribution in [0.15, 0.2) is 41.1 Å². The molecular formula is C11H11N3O2. The van der Waals surface area contributed by atoms with Crippen LogP contribution in [0.1, 0.15) is 10.4 Å². The molecule has 0 aliphatic heterocycles. The van der Waals surface area contributed by atoms with Crippen LogP contribution in [-0.4, -0.2) is 18.1 Å². The molecule has 2 N–H and O–H groups in total. The summed E-state index contributed by atoms with van der Waals surface area (Å²) in [4.78, 5) is 11.7. The van der Waals surface area contributed by atoms with Crippen LogP contribution in [0, 0.1) is 0 Å². The molecule has 1 heterocycles. The van der Waals surface area contributed by atoms with Crippen molar-refractivity contribution in [2.24, 2.45) is 0 Å². The Bertz CT molecular complexity index is 462. The van der Waals surface area contributed by atoms with Crippen LogP contribution < -0.4 is 10.6 Å². The molecule has 5 heteroatoms. The third-order valence-corrected chi connectivity index (χ3v) is 2.12. The summed E-state index contributed by atoms with van der Waals surface area (Å²) in [5.74, 6) is 0.194. The summed E-state index contributed by atoms with van der Waals surface area (Å²) in [5.41, 5.74) is 1.53. The molecule has 0 aliphatic carbocycles. The first-order valence-electron chi connectivity index (χ1n) is 4.79. The molecule has 0 radical (unpaired) electrons. The molecule has 82 valence electrons. The number of amides is 1. The summed E-state index contributed by atoms with van der Waals surface area (Å²) in [5, 5.41) is 9.19.